The molecule has 2 heterocycles. The van der Waals surface area contributed by atoms with Crippen molar-refractivity contribution in [2.24, 2.45) is 0 Å². The van der Waals surface area contributed by atoms with Gasteiger partial charge in [-0.1, -0.05) is 11.6 Å². The second-order valence-electron chi connectivity index (χ2n) is 5.06. The van der Waals surface area contributed by atoms with Gasteiger partial charge in [0.15, 0.2) is 10.2 Å². The van der Waals surface area contributed by atoms with E-state index >= 15 is 0 Å². The molecule has 0 spiro atoms. The lowest BCUT2D eigenvalue weighted by Gasteiger charge is -2.08. The zero-order valence-corrected chi connectivity index (χ0v) is 14.9. The molecule has 7 nitrogen and oxygen atoms in total. The normalized spacial score (nSPS) is 11.8. The average molecular weight is 367 g/mol. The lowest BCUT2D eigenvalue weighted by atomic mass is 10.3. The molecule has 24 heavy (non-hydrogen) atoms. The van der Waals surface area contributed by atoms with E-state index in [2.05, 4.69) is 15.1 Å². The van der Waals surface area contributed by atoms with Crippen molar-refractivity contribution in [1.82, 2.24) is 19.7 Å². The summed E-state index contributed by atoms with van der Waals surface area (Å²) in [6.45, 7) is 3.81. The molecule has 126 valence electrons. The van der Waals surface area contributed by atoms with Gasteiger partial charge in [-0.15, -0.1) is 0 Å². The van der Waals surface area contributed by atoms with Crippen molar-refractivity contribution in [2.75, 3.05) is 7.11 Å². The summed E-state index contributed by atoms with van der Waals surface area (Å²) in [7, 11) is -2.31. The Kier molecular flexibility index (Phi) is 4.18. The first-order chi connectivity index (χ1) is 11.4. The van der Waals surface area contributed by atoms with Crippen LogP contribution in [0.3, 0.4) is 0 Å². The van der Waals surface area contributed by atoms with Crippen molar-refractivity contribution in [3.05, 3.63) is 35.2 Å². The van der Waals surface area contributed by atoms with Crippen molar-refractivity contribution in [3.8, 4) is 5.75 Å². The van der Waals surface area contributed by atoms with E-state index in [-0.39, 0.29) is 26.1 Å². The molecule has 0 saturated heterocycles. The van der Waals surface area contributed by atoms with E-state index in [1.54, 1.807) is 26.0 Å². The molecule has 0 aliphatic carbocycles. The van der Waals surface area contributed by atoms with Crippen LogP contribution < -0.4 is 4.74 Å². The Labute approximate surface area is 144 Å². The van der Waals surface area contributed by atoms with Gasteiger partial charge in [0.05, 0.1) is 12.0 Å². The SMILES string of the molecule is CCn1nc2c(Cl)nc(C)nc2c1S(=O)(=O)c1ccc(OC)cc1. The van der Waals surface area contributed by atoms with Gasteiger partial charge >= 0.3 is 0 Å². The molecular formula is C15H15ClN4O3S. The molecule has 3 aromatic rings. The molecule has 2 aromatic heterocycles. The van der Waals surface area contributed by atoms with Crippen molar-refractivity contribution in [3.63, 3.8) is 0 Å². The van der Waals surface area contributed by atoms with E-state index in [1.807, 2.05) is 0 Å². The van der Waals surface area contributed by atoms with Gasteiger partial charge in [-0.2, -0.15) is 5.10 Å². The fourth-order valence-corrected chi connectivity index (χ4v) is 4.22. The Hall–Kier alpha value is -2.19. The Bertz CT molecular complexity index is 1010. The molecule has 3 rings (SSSR count). The predicted octanol–water partition coefficient (Wildman–Crippen LogP) is 2.65. The monoisotopic (exact) mass is 366 g/mol. The van der Waals surface area contributed by atoms with Gasteiger partial charge in [0, 0.05) is 6.54 Å². The summed E-state index contributed by atoms with van der Waals surface area (Å²) in [5.41, 5.74) is 0.501. The standard InChI is InChI=1S/C15H15ClN4O3S/c1-4-20-15(13-12(19-20)14(16)18-9(2)17-13)24(21,22)11-7-5-10(23-3)6-8-11/h5-8H,4H2,1-3H3. The lowest BCUT2D eigenvalue weighted by molar-refractivity contribution is 0.414. The van der Waals surface area contributed by atoms with E-state index in [9.17, 15) is 8.42 Å². The average Bonchev–Trinajstić information content (AvgIpc) is 2.94. The van der Waals surface area contributed by atoms with E-state index in [0.29, 0.717) is 18.1 Å². The summed E-state index contributed by atoms with van der Waals surface area (Å²) in [6, 6.07) is 6.16. The molecule has 0 atom stereocenters. The van der Waals surface area contributed by atoms with Crippen LogP contribution in [0.2, 0.25) is 5.15 Å². The molecule has 0 fully saturated rings. The minimum atomic E-state index is -3.83. The highest BCUT2D eigenvalue weighted by Gasteiger charge is 2.28. The summed E-state index contributed by atoms with van der Waals surface area (Å²) in [5, 5.41) is 4.40. The van der Waals surface area contributed by atoms with Crippen molar-refractivity contribution < 1.29 is 13.2 Å². The minimum absolute atomic E-state index is 0.0116. The first-order valence-electron chi connectivity index (χ1n) is 7.18. The fourth-order valence-electron chi connectivity index (χ4n) is 2.41. The van der Waals surface area contributed by atoms with Crippen LogP contribution in [-0.2, 0) is 16.4 Å². The number of halogens is 1. The number of fused-ring (bicyclic) bond motifs is 1. The highest BCUT2D eigenvalue weighted by atomic mass is 35.5. The number of aromatic nitrogens is 4. The van der Waals surface area contributed by atoms with E-state index in [4.69, 9.17) is 16.3 Å². The van der Waals surface area contributed by atoms with E-state index in [0.717, 1.165) is 0 Å². The quantitative estimate of drug-likeness (QED) is 0.660. The van der Waals surface area contributed by atoms with Gasteiger partial charge in [0.25, 0.3) is 0 Å². The maximum atomic E-state index is 13.1. The highest BCUT2D eigenvalue weighted by Crippen LogP contribution is 2.30. The Morgan fingerprint density at radius 2 is 1.83 bits per heavy atom. The topological polar surface area (TPSA) is 87.0 Å². The Morgan fingerprint density at radius 3 is 2.42 bits per heavy atom. The predicted molar refractivity (Wildman–Crippen MR) is 89.2 cm³/mol. The van der Waals surface area contributed by atoms with Gasteiger partial charge in [0.1, 0.15) is 22.6 Å². The van der Waals surface area contributed by atoms with Gasteiger partial charge in [-0.05, 0) is 38.1 Å². The Morgan fingerprint density at radius 1 is 1.17 bits per heavy atom. The third kappa shape index (κ3) is 2.61. The molecule has 1 aromatic carbocycles. The van der Waals surface area contributed by atoms with Gasteiger partial charge in [-0.25, -0.2) is 18.4 Å². The number of sulfone groups is 1. The zero-order chi connectivity index (χ0) is 17.5. The molecule has 0 amide bonds. The van der Waals surface area contributed by atoms with Crippen LogP contribution in [-0.4, -0.2) is 35.3 Å². The molecule has 0 saturated carbocycles. The van der Waals surface area contributed by atoms with Gasteiger partial charge in [-0.3, -0.25) is 4.68 Å². The molecular weight excluding hydrogens is 352 g/mol. The molecule has 0 bridgehead atoms. The number of hydrogen-bond acceptors (Lipinski definition) is 6. The van der Waals surface area contributed by atoms with Crippen LogP contribution in [0.25, 0.3) is 11.0 Å². The smallest absolute Gasteiger partial charge is 0.225 e. The van der Waals surface area contributed by atoms with Crippen LogP contribution in [0, 0.1) is 6.92 Å². The number of nitrogens with zero attached hydrogens (tertiary/aromatic N) is 4. The van der Waals surface area contributed by atoms with Crippen molar-refractivity contribution in [1.29, 1.82) is 0 Å². The summed E-state index contributed by atoms with van der Waals surface area (Å²) >= 11 is 6.10. The first kappa shape index (κ1) is 16.7. The number of methoxy groups -OCH3 is 1. The largest absolute Gasteiger partial charge is 0.497 e. The van der Waals surface area contributed by atoms with E-state index in [1.165, 1.54) is 23.9 Å². The third-order valence-electron chi connectivity index (χ3n) is 3.53. The number of ether oxygens (including phenoxy) is 1. The summed E-state index contributed by atoms with van der Waals surface area (Å²) < 4.78 is 32.7. The second-order valence-corrected chi connectivity index (χ2v) is 7.28. The lowest BCUT2D eigenvalue weighted by Crippen LogP contribution is -2.11. The summed E-state index contributed by atoms with van der Waals surface area (Å²) in [5.74, 6) is 0.957. The van der Waals surface area contributed by atoms with Crippen LogP contribution in [0.4, 0.5) is 0 Å². The van der Waals surface area contributed by atoms with Crippen LogP contribution >= 0.6 is 11.6 Å². The number of rotatable bonds is 4. The maximum absolute atomic E-state index is 13.1. The number of benzene rings is 1. The van der Waals surface area contributed by atoms with Gasteiger partial charge in [0.2, 0.25) is 9.84 Å². The molecule has 0 aliphatic rings. The van der Waals surface area contributed by atoms with Gasteiger partial charge < -0.3 is 4.74 Å². The Balaban J connectivity index is 2.30. The molecule has 0 radical (unpaired) electrons. The van der Waals surface area contributed by atoms with Crippen LogP contribution in [0.15, 0.2) is 34.2 Å². The van der Waals surface area contributed by atoms with Crippen LogP contribution in [0.1, 0.15) is 12.7 Å². The third-order valence-corrected chi connectivity index (χ3v) is 5.60. The summed E-state index contributed by atoms with van der Waals surface area (Å²) in [4.78, 5) is 8.41. The molecule has 9 heteroatoms. The highest BCUT2D eigenvalue weighted by molar-refractivity contribution is 7.91. The minimum Gasteiger partial charge on any atom is -0.497 e. The van der Waals surface area contributed by atoms with Crippen LogP contribution in [0.5, 0.6) is 5.75 Å². The fraction of sp³-hybridized carbons (Fsp3) is 0.267. The zero-order valence-electron chi connectivity index (χ0n) is 13.3. The van der Waals surface area contributed by atoms with E-state index < -0.39 is 9.84 Å². The second kappa shape index (κ2) is 6.03. The molecule has 0 aliphatic heterocycles. The molecule has 0 N–H and O–H groups in total. The number of aryl methyl sites for hydroxylation is 2. The number of hydrogen-bond donors (Lipinski definition) is 0. The molecule has 0 unspecified atom stereocenters. The summed E-state index contributed by atoms with van der Waals surface area (Å²) in [6.07, 6.45) is 0. The van der Waals surface area contributed by atoms with Crippen molar-refractivity contribution >= 4 is 32.5 Å². The first-order valence-corrected chi connectivity index (χ1v) is 9.04. The maximum Gasteiger partial charge on any atom is 0.225 e. The van der Waals surface area contributed by atoms with Crippen molar-refractivity contribution in [2.45, 2.75) is 30.3 Å².